The van der Waals surface area contributed by atoms with Crippen molar-refractivity contribution in [3.05, 3.63) is 71.8 Å². The molecule has 0 saturated carbocycles. The Morgan fingerprint density at radius 2 is 1.58 bits per heavy atom. The zero-order valence-electron chi connectivity index (χ0n) is 13.9. The molecule has 1 fully saturated rings. The molecule has 134 valence electrons. The zero-order chi connectivity index (χ0) is 18.5. The Hall–Kier alpha value is -3.35. The molecule has 1 aliphatic rings. The predicted molar refractivity (Wildman–Crippen MR) is 92.1 cm³/mol. The van der Waals surface area contributed by atoms with Crippen LogP contribution in [0.1, 0.15) is 11.1 Å². The number of nitrogens with zero attached hydrogens (tertiary/aromatic N) is 2. The maximum absolute atomic E-state index is 12.6. The van der Waals surface area contributed by atoms with E-state index in [0.717, 1.165) is 11.1 Å². The highest BCUT2D eigenvalue weighted by atomic mass is 16.6. The first-order valence-electron chi connectivity index (χ1n) is 8.12. The monoisotopic (exact) mass is 354 g/mol. The van der Waals surface area contributed by atoms with Gasteiger partial charge in [0.2, 0.25) is 0 Å². The van der Waals surface area contributed by atoms with Gasteiger partial charge in [-0.3, -0.25) is 0 Å². The van der Waals surface area contributed by atoms with E-state index >= 15 is 0 Å². The number of hydrogen-bond donors (Lipinski definition) is 1. The fraction of sp³-hybridized carbons (Fsp3) is 0.211. The van der Waals surface area contributed by atoms with Crippen LogP contribution in [0.5, 0.6) is 0 Å². The van der Waals surface area contributed by atoms with E-state index in [9.17, 15) is 19.5 Å². The van der Waals surface area contributed by atoms with E-state index in [-0.39, 0.29) is 19.7 Å². The van der Waals surface area contributed by atoms with Crippen molar-refractivity contribution in [2.24, 2.45) is 0 Å². The molecular weight excluding hydrogens is 336 g/mol. The standard InChI is InChI=1S/C19H18N2O5/c22-17(23)16-12-20(11-14-7-3-1-4-8-14)18(24)21(16)19(25)26-13-15-9-5-2-6-10-15/h1-10,16H,11-13H2,(H,22,23). The fourth-order valence-electron chi connectivity index (χ4n) is 2.77. The molecule has 2 aromatic rings. The first-order valence-corrected chi connectivity index (χ1v) is 8.12. The van der Waals surface area contributed by atoms with Crippen molar-refractivity contribution >= 4 is 18.1 Å². The molecule has 1 N–H and O–H groups in total. The second-order valence-corrected chi connectivity index (χ2v) is 5.91. The number of rotatable bonds is 5. The van der Waals surface area contributed by atoms with Crippen LogP contribution in [0.25, 0.3) is 0 Å². The summed E-state index contributed by atoms with van der Waals surface area (Å²) >= 11 is 0. The number of hydrogen-bond acceptors (Lipinski definition) is 4. The number of urea groups is 1. The lowest BCUT2D eigenvalue weighted by molar-refractivity contribution is -0.141. The van der Waals surface area contributed by atoms with Gasteiger partial charge in [-0.1, -0.05) is 60.7 Å². The van der Waals surface area contributed by atoms with Crippen LogP contribution in [0, 0.1) is 0 Å². The summed E-state index contributed by atoms with van der Waals surface area (Å²) < 4.78 is 5.14. The summed E-state index contributed by atoms with van der Waals surface area (Å²) in [5.74, 6) is -1.24. The SMILES string of the molecule is O=C(O)C1CN(Cc2ccccc2)C(=O)N1C(=O)OCc1ccccc1. The van der Waals surface area contributed by atoms with Gasteiger partial charge in [-0.15, -0.1) is 0 Å². The number of benzene rings is 2. The van der Waals surface area contributed by atoms with Crippen molar-refractivity contribution in [1.29, 1.82) is 0 Å². The normalized spacial score (nSPS) is 16.6. The molecule has 0 bridgehead atoms. The molecule has 2 aromatic carbocycles. The number of imide groups is 1. The van der Waals surface area contributed by atoms with E-state index in [0.29, 0.717) is 4.90 Å². The third-order valence-electron chi connectivity index (χ3n) is 4.08. The molecule has 0 radical (unpaired) electrons. The average Bonchev–Trinajstić information content (AvgIpc) is 2.98. The van der Waals surface area contributed by atoms with Crippen molar-refractivity contribution in [1.82, 2.24) is 9.80 Å². The van der Waals surface area contributed by atoms with Gasteiger partial charge in [0.1, 0.15) is 6.61 Å². The molecule has 3 rings (SSSR count). The number of carboxylic acid groups (broad SMARTS) is 1. The molecule has 7 heteroatoms. The third-order valence-corrected chi connectivity index (χ3v) is 4.08. The summed E-state index contributed by atoms with van der Waals surface area (Å²) in [6.45, 7) is 0.115. The van der Waals surface area contributed by atoms with Crippen LogP contribution in [0.15, 0.2) is 60.7 Å². The molecule has 1 heterocycles. The molecule has 3 amide bonds. The minimum atomic E-state index is -1.27. The second kappa shape index (κ2) is 7.69. The number of aliphatic carboxylic acids is 1. The lowest BCUT2D eigenvalue weighted by Gasteiger charge is -2.18. The summed E-state index contributed by atoms with van der Waals surface area (Å²) in [5.41, 5.74) is 1.60. The Kier molecular flexibility index (Phi) is 5.17. The highest BCUT2D eigenvalue weighted by molar-refractivity contribution is 5.98. The minimum absolute atomic E-state index is 0.0333. The van der Waals surface area contributed by atoms with Gasteiger partial charge in [0.25, 0.3) is 0 Å². The lowest BCUT2D eigenvalue weighted by atomic mass is 10.2. The Bertz CT molecular complexity index is 794. The lowest BCUT2D eigenvalue weighted by Crippen LogP contribution is -2.44. The Balaban J connectivity index is 1.70. The zero-order valence-corrected chi connectivity index (χ0v) is 13.9. The number of carbonyl (C=O) groups is 3. The van der Waals surface area contributed by atoms with Crippen molar-refractivity contribution < 1.29 is 24.2 Å². The molecule has 26 heavy (non-hydrogen) atoms. The van der Waals surface area contributed by atoms with E-state index in [4.69, 9.17) is 4.74 Å². The summed E-state index contributed by atoms with van der Waals surface area (Å²) in [6.07, 6.45) is -0.957. The first-order chi connectivity index (χ1) is 12.6. The minimum Gasteiger partial charge on any atom is -0.480 e. The molecule has 0 spiro atoms. The van der Waals surface area contributed by atoms with Gasteiger partial charge in [0, 0.05) is 6.54 Å². The van der Waals surface area contributed by atoms with Gasteiger partial charge in [0.15, 0.2) is 6.04 Å². The molecule has 1 atom stereocenters. The summed E-state index contributed by atoms with van der Waals surface area (Å²) in [5, 5.41) is 9.39. The van der Waals surface area contributed by atoms with Gasteiger partial charge in [0.05, 0.1) is 6.54 Å². The largest absolute Gasteiger partial charge is 0.480 e. The molecule has 0 aliphatic carbocycles. The highest BCUT2D eigenvalue weighted by Crippen LogP contribution is 2.20. The molecule has 1 unspecified atom stereocenters. The van der Waals surface area contributed by atoms with Gasteiger partial charge in [-0.25, -0.2) is 19.3 Å². The summed E-state index contributed by atoms with van der Waals surface area (Å²) in [6, 6.07) is 16.2. The molecular formula is C19H18N2O5. The molecule has 0 aromatic heterocycles. The number of carbonyl (C=O) groups excluding carboxylic acids is 2. The van der Waals surface area contributed by atoms with Crippen LogP contribution in [-0.2, 0) is 22.7 Å². The van der Waals surface area contributed by atoms with Crippen LogP contribution in [0.2, 0.25) is 0 Å². The number of carboxylic acids is 1. The van der Waals surface area contributed by atoms with Crippen LogP contribution >= 0.6 is 0 Å². The van der Waals surface area contributed by atoms with Crippen LogP contribution in [0.4, 0.5) is 9.59 Å². The van der Waals surface area contributed by atoms with E-state index in [1.807, 2.05) is 36.4 Å². The van der Waals surface area contributed by atoms with E-state index < -0.39 is 24.1 Å². The van der Waals surface area contributed by atoms with Crippen LogP contribution in [-0.4, -0.2) is 45.6 Å². The van der Waals surface area contributed by atoms with Crippen molar-refractivity contribution in [2.75, 3.05) is 6.54 Å². The van der Waals surface area contributed by atoms with Crippen LogP contribution in [0.3, 0.4) is 0 Å². The number of amides is 3. The van der Waals surface area contributed by atoms with Crippen molar-refractivity contribution in [3.8, 4) is 0 Å². The van der Waals surface area contributed by atoms with Crippen molar-refractivity contribution in [2.45, 2.75) is 19.2 Å². The van der Waals surface area contributed by atoms with Gasteiger partial charge < -0.3 is 14.7 Å². The Labute approximate surface area is 150 Å². The molecule has 7 nitrogen and oxygen atoms in total. The third kappa shape index (κ3) is 3.83. The topological polar surface area (TPSA) is 87.2 Å². The molecule has 1 aliphatic heterocycles. The highest BCUT2D eigenvalue weighted by Gasteiger charge is 2.46. The smallest absolute Gasteiger partial charge is 0.419 e. The van der Waals surface area contributed by atoms with Gasteiger partial charge in [-0.2, -0.15) is 0 Å². The average molecular weight is 354 g/mol. The Morgan fingerprint density at radius 1 is 1.00 bits per heavy atom. The van der Waals surface area contributed by atoms with Crippen LogP contribution < -0.4 is 0 Å². The van der Waals surface area contributed by atoms with E-state index in [1.165, 1.54) is 4.90 Å². The summed E-state index contributed by atoms with van der Waals surface area (Å²) in [7, 11) is 0. The van der Waals surface area contributed by atoms with Gasteiger partial charge >= 0.3 is 18.1 Å². The fourth-order valence-corrected chi connectivity index (χ4v) is 2.77. The molecule has 1 saturated heterocycles. The maximum atomic E-state index is 12.6. The second-order valence-electron chi connectivity index (χ2n) is 5.91. The first kappa shape index (κ1) is 17.5. The summed E-state index contributed by atoms with van der Waals surface area (Å²) in [4.78, 5) is 38.4. The van der Waals surface area contributed by atoms with E-state index in [2.05, 4.69) is 0 Å². The Morgan fingerprint density at radius 3 is 2.15 bits per heavy atom. The maximum Gasteiger partial charge on any atom is 0.419 e. The quantitative estimate of drug-likeness (QED) is 0.892. The number of ether oxygens (including phenoxy) is 1. The van der Waals surface area contributed by atoms with Crippen molar-refractivity contribution in [3.63, 3.8) is 0 Å². The predicted octanol–water partition coefficient (Wildman–Crippen LogP) is 2.71. The van der Waals surface area contributed by atoms with E-state index in [1.54, 1.807) is 24.3 Å². The van der Waals surface area contributed by atoms with Gasteiger partial charge in [-0.05, 0) is 11.1 Å².